The fraction of sp³-hybridized carbons (Fsp3) is 0.261. The molecule has 0 spiro atoms. The van der Waals surface area contributed by atoms with Gasteiger partial charge in [-0.1, -0.05) is 60.7 Å². The van der Waals surface area contributed by atoms with Crippen molar-refractivity contribution in [1.82, 2.24) is 14.7 Å². The second-order valence-corrected chi connectivity index (χ2v) is 7.62. The Hall–Kier alpha value is -3.61. The molecule has 3 aliphatic heterocycles. The predicted molar refractivity (Wildman–Crippen MR) is 116 cm³/mol. The molecule has 5 rings (SSSR count). The van der Waals surface area contributed by atoms with Gasteiger partial charge in [-0.2, -0.15) is 0 Å². The smallest absolute Gasteiger partial charge is 0.325 e. The summed E-state index contributed by atoms with van der Waals surface area (Å²) in [6.07, 6.45) is 3.30. The lowest BCUT2D eigenvalue weighted by atomic mass is 10.1. The first-order valence-corrected chi connectivity index (χ1v) is 10.1. The van der Waals surface area contributed by atoms with Gasteiger partial charge in [0, 0.05) is 32.4 Å². The Morgan fingerprint density at radius 2 is 1.70 bits per heavy atom. The van der Waals surface area contributed by atoms with Gasteiger partial charge in [-0.25, -0.2) is 9.79 Å². The number of para-hydroxylation sites is 1. The Morgan fingerprint density at radius 3 is 2.43 bits per heavy atom. The zero-order valence-electron chi connectivity index (χ0n) is 16.8. The van der Waals surface area contributed by atoms with E-state index in [0.29, 0.717) is 6.54 Å². The van der Waals surface area contributed by atoms with Crippen molar-refractivity contribution < 1.29 is 9.59 Å². The summed E-state index contributed by atoms with van der Waals surface area (Å²) in [6, 6.07) is 19.1. The van der Waals surface area contributed by atoms with Crippen molar-refractivity contribution in [2.24, 2.45) is 4.99 Å². The lowest BCUT2D eigenvalue weighted by molar-refractivity contribution is -0.136. The molecule has 2 atom stereocenters. The van der Waals surface area contributed by atoms with Crippen LogP contribution in [0.25, 0.3) is 6.08 Å². The van der Waals surface area contributed by atoms with Gasteiger partial charge in [-0.15, -0.1) is 0 Å². The summed E-state index contributed by atoms with van der Waals surface area (Å²) < 4.78 is 0. The third-order valence-electron chi connectivity index (χ3n) is 5.84. The van der Waals surface area contributed by atoms with Crippen LogP contribution in [-0.4, -0.2) is 71.5 Å². The van der Waals surface area contributed by atoms with Crippen LogP contribution in [-0.2, 0) is 4.79 Å². The van der Waals surface area contributed by atoms with Gasteiger partial charge < -0.3 is 14.7 Å². The largest absolute Gasteiger partial charge is 0.328 e. The van der Waals surface area contributed by atoms with E-state index in [1.165, 1.54) is 4.90 Å². The molecule has 7 heteroatoms. The number of hydrogen-bond donors (Lipinski definition) is 0. The maximum absolute atomic E-state index is 13.3. The number of hydrogen-bond acceptors (Lipinski definition) is 5. The summed E-state index contributed by atoms with van der Waals surface area (Å²) in [5, 5.41) is 0. The van der Waals surface area contributed by atoms with Gasteiger partial charge in [0.15, 0.2) is 12.2 Å². The van der Waals surface area contributed by atoms with Crippen LogP contribution in [0.15, 0.2) is 71.7 Å². The van der Waals surface area contributed by atoms with Crippen LogP contribution in [0, 0.1) is 0 Å². The number of urea groups is 1. The van der Waals surface area contributed by atoms with Crippen molar-refractivity contribution in [2.75, 3.05) is 31.6 Å². The Bertz CT molecular complexity index is 1020. The summed E-state index contributed by atoms with van der Waals surface area (Å²) in [5.74, 6) is 0.584. The molecule has 2 fully saturated rings. The minimum absolute atomic E-state index is 0.186. The topological polar surface area (TPSA) is 59.5 Å². The number of anilines is 1. The van der Waals surface area contributed by atoms with Crippen molar-refractivity contribution in [3.63, 3.8) is 0 Å². The molecule has 3 aliphatic rings. The first-order chi connectivity index (χ1) is 14.6. The summed E-state index contributed by atoms with van der Waals surface area (Å²) in [6.45, 7) is 1.72. The quantitative estimate of drug-likeness (QED) is 0.790. The van der Waals surface area contributed by atoms with Crippen molar-refractivity contribution in [2.45, 2.75) is 12.2 Å². The minimum atomic E-state index is -0.485. The average Bonchev–Trinajstić information content (AvgIpc) is 3.35. The molecule has 0 saturated carbocycles. The number of aliphatic imine (C=N–C) groups is 1. The lowest BCUT2D eigenvalue weighted by Gasteiger charge is -2.40. The molecule has 0 aliphatic carbocycles. The standard InChI is InChI=1S/C23H23N5O2/c1-25-20-19(27-16-15-26(22(27)24-20)18-12-6-3-7-13-18)21(29)28(23(25)30)14-8-11-17-9-4-2-5-10-17/h2-13,19-20H,14-16H2,1H3/b11-8+. The van der Waals surface area contributed by atoms with Gasteiger partial charge in [0.1, 0.15) is 0 Å². The molecule has 0 aromatic heterocycles. The van der Waals surface area contributed by atoms with E-state index in [1.807, 2.05) is 77.7 Å². The SMILES string of the molecule is CN1C(=O)N(C/C=C/c2ccccc2)C(=O)C2C1N=C1N(c3ccccc3)CCN12. The van der Waals surface area contributed by atoms with Crippen molar-refractivity contribution in [1.29, 1.82) is 0 Å². The highest BCUT2D eigenvalue weighted by molar-refractivity contribution is 6.08. The molecule has 2 saturated heterocycles. The maximum Gasteiger partial charge on any atom is 0.328 e. The van der Waals surface area contributed by atoms with Gasteiger partial charge in [0.05, 0.1) is 0 Å². The first-order valence-electron chi connectivity index (χ1n) is 10.1. The van der Waals surface area contributed by atoms with Crippen LogP contribution >= 0.6 is 0 Å². The van der Waals surface area contributed by atoms with Crippen LogP contribution in [0.5, 0.6) is 0 Å². The molecule has 0 bridgehead atoms. The van der Waals surface area contributed by atoms with E-state index in [2.05, 4.69) is 4.90 Å². The Balaban J connectivity index is 1.37. The van der Waals surface area contributed by atoms with Crippen LogP contribution in [0.4, 0.5) is 10.5 Å². The third kappa shape index (κ3) is 2.94. The van der Waals surface area contributed by atoms with Crippen LogP contribution < -0.4 is 4.90 Å². The number of carbonyl (C=O) groups is 2. The fourth-order valence-electron chi connectivity index (χ4n) is 4.32. The highest BCUT2D eigenvalue weighted by atomic mass is 16.2. The molecule has 7 nitrogen and oxygen atoms in total. The number of imide groups is 1. The van der Waals surface area contributed by atoms with E-state index in [0.717, 1.165) is 23.8 Å². The van der Waals surface area contributed by atoms with Gasteiger partial charge >= 0.3 is 6.03 Å². The number of benzene rings is 2. The van der Waals surface area contributed by atoms with Gasteiger partial charge in [0.2, 0.25) is 5.96 Å². The van der Waals surface area contributed by atoms with Crippen molar-refractivity contribution in [3.8, 4) is 0 Å². The molecule has 2 aromatic rings. The molecule has 2 unspecified atom stereocenters. The monoisotopic (exact) mass is 401 g/mol. The average molecular weight is 401 g/mol. The zero-order valence-corrected chi connectivity index (χ0v) is 16.8. The van der Waals surface area contributed by atoms with E-state index in [1.54, 1.807) is 11.9 Å². The van der Waals surface area contributed by atoms with E-state index >= 15 is 0 Å². The van der Waals surface area contributed by atoms with E-state index in [-0.39, 0.29) is 18.5 Å². The summed E-state index contributed by atoms with van der Waals surface area (Å²) in [5.41, 5.74) is 2.08. The molecular weight excluding hydrogens is 378 g/mol. The van der Waals surface area contributed by atoms with Gasteiger partial charge in [0.25, 0.3) is 5.91 Å². The molecule has 0 radical (unpaired) electrons. The number of nitrogens with zero attached hydrogens (tertiary/aromatic N) is 5. The second-order valence-electron chi connectivity index (χ2n) is 7.62. The van der Waals surface area contributed by atoms with Crippen molar-refractivity contribution >= 4 is 29.7 Å². The minimum Gasteiger partial charge on any atom is -0.325 e. The number of amides is 3. The van der Waals surface area contributed by atoms with Crippen LogP contribution in [0.2, 0.25) is 0 Å². The first kappa shape index (κ1) is 18.4. The fourth-order valence-corrected chi connectivity index (χ4v) is 4.32. The van der Waals surface area contributed by atoms with Crippen LogP contribution in [0.3, 0.4) is 0 Å². The highest BCUT2D eigenvalue weighted by Gasteiger charge is 2.54. The number of rotatable bonds is 4. The predicted octanol–water partition coefficient (Wildman–Crippen LogP) is 2.48. The third-order valence-corrected chi connectivity index (χ3v) is 5.84. The molecule has 152 valence electrons. The van der Waals surface area contributed by atoms with E-state index < -0.39 is 12.2 Å². The summed E-state index contributed by atoms with van der Waals surface area (Å²) in [4.78, 5) is 38.0. The maximum atomic E-state index is 13.3. The Labute approximate surface area is 175 Å². The highest BCUT2D eigenvalue weighted by Crippen LogP contribution is 2.33. The molecule has 30 heavy (non-hydrogen) atoms. The van der Waals surface area contributed by atoms with Gasteiger partial charge in [-0.3, -0.25) is 9.69 Å². The van der Waals surface area contributed by atoms with Crippen molar-refractivity contribution in [3.05, 3.63) is 72.3 Å². The Morgan fingerprint density at radius 1 is 1.00 bits per heavy atom. The normalized spacial score (nSPS) is 23.3. The molecule has 3 amide bonds. The molecule has 3 heterocycles. The number of carbonyl (C=O) groups excluding carboxylic acids is 2. The summed E-state index contributed by atoms with van der Waals surface area (Å²) in [7, 11) is 1.72. The zero-order chi connectivity index (χ0) is 20.7. The molecule has 2 aromatic carbocycles. The van der Waals surface area contributed by atoms with Gasteiger partial charge in [-0.05, 0) is 17.7 Å². The molecular formula is C23H23N5O2. The molecule has 0 N–H and O–H groups in total. The summed E-state index contributed by atoms with van der Waals surface area (Å²) >= 11 is 0. The van der Waals surface area contributed by atoms with E-state index in [9.17, 15) is 9.59 Å². The second kappa shape index (κ2) is 7.33. The number of fused-ring (bicyclic) bond motifs is 3. The Kier molecular flexibility index (Phi) is 4.50. The number of guanidine groups is 1. The lowest BCUT2D eigenvalue weighted by Crippen LogP contribution is -2.64. The number of likely N-dealkylation sites (N-methyl/N-ethyl adjacent to an activating group) is 1. The van der Waals surface area contributed by atoms with E-state index in [4.69, 9.17) is 4.99 Å². The van der Waals surface area contributed by atoms with Crippen LogP contribution in [0.1, 0.15) is 5.56 Å².